The van der Waals surface area contributed by atoms with E-state index in [1.807, 2.05) is 13.8 Å². The summed E-state index contributed by atoms with van der Waals surface area (Å²) in [5.74, 6) is 0.628. The van der Waals surface area contributed by atoms with Gasteiger partial charge in [-0.2, -0.15) is 0 Å². The van der Waals surface area contributed by atoms with Gasteiger partial charge in [-0.25, -0.2) is 13.1 Å². The number of aryl methyl sites for hydroxylation is 1. The molecule has 0 heterocycles. The zero-order valence-electron chi connectivity index (χ0n) is 13.0. The van der Waals surface area contributed by atoms with Gasteiger partial charge in [-0.05, 0) is 37.2 Å². The van der Waals surface area contributed by atoms with Crippen molar-refractivity contribution >= 4 is 10.0 Å². The van der Waals surface area contributed by atoms with Crippen LogP contribution in [0, 0.1) is 12.8 Å². The molecule has 118 valence electrons. The molecule has 0 aromatic heterocycles. The first-order valence-electron chi connectivity index (χ1n) is 7.46. The lowest BCUT2D eigenvalue weighted by Gasteiger charge is -2.33. The Morgan fingerprint density at radius 2 is 1.90 bits per heavy atom. The molecule has 0 aliphatic heterocycles. The topological polar surface area (TPSA) is 55.4 Å². The molecule has 1 fully saturated rings. The number of methoxy groups -OCH3 is 1. The first kappa shape index (κ1) is 16.5. The number of hydrogen-bond acceptors (Lipinski definition) is 3. The maximum atomic E-state index is 12.1. The summed E-state index contributed by atoms with van der Waals surface area (Å²) in [6.45, 7) is 4.53. The van der Waals surface area contributed by atoms with Gasteiger partial charge < -0.3 is 4.74 Å². The highest BCUT2D eigenvalue weighted by molar-refractivity contribution is 7.89. The quantitative estimate of drug-likeness (QED) is 0.841. The van der Waals surface area contributed by atoms with Crippen LogP contribution in [0.15, 0.2) is 24.3 Å². The second-order valence-corrected chi connectivity index (χ2v) is 7.99. The molecule has 1 N–H and O–H groups in total. The van der Waals surface area contributed by atoms with E-state index in [4.69, 9.17) is 4.74 Å². The SMILES string of the molecule is COC1CC(CS(=O)(=O)NCC(C)c2ccc(C)cc2)C1. The number of sulfonamides is 1. The van der Waals surface area contributed by atoms with Crippen molar-refractivity contribution in [3.8, 4) is 0 Å². The summed E-state index contributed by atoms with van der Waals surface area (Å²) < 4.78 is 32.0. The van der Waals surface area contributed by atoms with Crippen LogP contribution in [-0.4, -0.2) is 33.9 Å². The Labute approximate surface area is 127 Å². The van der Waals surface area contributed by atoms with Crippen LogP contribution in [0.4, 0.5) is 0 Å². The highest BCUT2D eigenvalue weighted by Crippen LogP contribution is 2.30. The molecule has 0 amide bonds. The molecule has 21 heavy (non-hydrogen) atoms. The minimum Gasteiger partial charge on any atom is -0.381 e. The fourth-order valence-corrected chi connectivity index (χ4v) is 4.15. The Balaban J connectivity index is 1.80. The van der Waals surface area contributed by atoms with Gasteiger partial charge in [0.15, 0.2) is 0 Å². The van der Waals surface area contributed by atoms with Crippen LogP contribution in [0.5, 0.6) is 0 Å². The normalized spacial score (nSPS) is 23.6. The minimum absolute atomic E-state index is 0.175. The molecule has 1 atom stereocenters. The van der Waals surface area contributed by atoms with Crippen LogP contribution >= 0.6 is 0 Å². The largest absolute Gasteiger partial charge is 0.381 e. The van der Waals surface area contributed by atoms with Gasteiger partial charge in [0.25, 0.3) is 0 Å². The van der Waals surface area contributed by atoms with E-state index in [0.717, 1.165) is 18.4 Å². The van der Waals surface area contributed by atoms with Crippen molar-refractivity contribution in [3.63, 3.8) is 0 Å². The Morgan fingerprint density at radius 3 is 2.48 bits per heavy atom. The minimum atomic E-state index is -3.19. The lowest BCUT2D eigenvalue weighted by molar-refractivity contribution is 0.00850. The zero-order chi connectivity index (χ0) is 15.5. The Kier molecular flexibility index (Phi) is 5.41. The van der Waals surface area contributed by atoms with Gasteiger partial charge in [0.05, 0.1) is 11.9 Å². The predicted octanol–water partition coefficient (Wildman–Crippen LogP) is 2.44. The summed E-state index contributed by atoms with van der Waals surface area (Å²) in [6.07, 6.45) is 1.95. The Morgan fingerprint density at radius 1 is 1.29 bits per heavy atom. The van der Waals surface area contributed by atoms with Crippen molar-refractivity contribution in [2.75, 3.05) is 19.4 Å². The predicted molar refractivity (Wildman–Crippen MR) is 84.9 cm³/mol. The third-order valence-corrected chi connectivity index (χ3v) is 5.75. The molecule has 1 aromatic carbocycles. The highest BCUT2D eigenvalue weighted by atomic mass is 32.2. The van der Waals surface area contributed by atoms with Crippen LogP contribution in [0.2, 0.25) is 0 Å². The van der Waals surface area contributed by atoms with Gasteiger partial charge in [-0.15, -0.1) is 0 Å². The molecule has 1 aliphatic rings. The summed E-state index contributed by atoms with van der Waals surface area (Å²) in [6, 6.07) is 8.23. The monoisotopic (exact) mass is 311 g/mol. The van der Waals surface area contributed by atoms with Crippen LogP contribution in [0.25, 0.3) is 0 Å². The molecule has 0 radical (unpaired) electrons. The third-order valence-electron chi connectivity index (χ3n) is 4.24. The first-order chi connectivity index (χ1) is 9.89. The average molecular weight is 311 g/mol. The van der Waals surface area contributed by atoms with E-state index in [9.17, 15) is 8.42 Å². The van der Waals surface area contributed by atoms with Gasteiger partial charge in [0, 0.05) is 13.7 Å². The zero-order valence-corrected chi connectivity index (χ0v) is 13.8. The second-order valence-electron chi connectivity index (χ2n) is 6.14. The smallest absolute Gasteiger partial charge is 0.211 e. The molecule has 1 aliphatic carbocycles. The summed E-state index contributed by atoms with van der Waals surface area (Å²) in [5.41, 5.74) is 2.37. The molecule has 1 aromatic rings. The number of ether oxygens (including phenoxy) is 1. The van der Waals surface area contributed by atoms with E-state index < -0.39 is 10.0 Å². The van der Waals surface area contributed by atoms with Gasteiger partial charge in [0.2, 0.25) is 10.0 Å². The highest BCUT2D eigenvalue weighted by Gasteiger charge is 2.32. The standard InChI is InChI=1S/C16H25NO3S/c1-12-4-6-15(7-5-12)13(2)10-17-21(18,19)11-14-8-16(9-14)20-3/h4-7,13-14,16-17H,8-11H2,1-3H3. The summed E-state index contributed by atoms with van der Waals surface area (Å²) >= 11 is 0. The maximum absolute atomic E-state index is 12.1. The van der Waals surface area contributed by atoms with Gasteiger partial charge >= 0.3 is 0 Å². The van der Waals surface area contributed by atoms with Crippen molar-refractivity contribution in [1.29, 1.82) is 0 Å². The number of benzene rings is 1. The average Bonchev–Trinajstić information content (AvgIpc) is 2.40. The number of rotatable bonds is 7. The molecule has 0 saturated heterocycles. The van der Waals surface area contributed by atoms with Crippen LogP contribution in [0.3, 0.4) is 0 Å². The summed E-state index contributed by atoms with van der Waals surface area (Å²) in [7, 11) is -1.51. The van der Waals surface area contributed by atoms with E-state index in [1.165, 1.54) is 5.56 Å². The fraction of sp³-hybridized carbons (Fsp3) is 0.625. The van der Waals surface area contributed by atoms with E-state index in [1.54, 1.807) is 7.11 Å². The number of nitrogens with one attached hydrogen (secondary N) is 1. The molecular formula is C16H25NO3S. The number of hydrogen-bond donors (Lipinski definition) is 1. The lowest BCUT2D eigenvalue weighted by Crippen LogP contribution is -2.39. The van der Waals surface area contributed by atoms with E-state index in [2.05, 4.69) is 29.0 Å². The Bertz CT molecular complexity index is 547. The lowest BCUT2D eigenvalue weighted by atomic mass is 9.84. The van der Waals surface area contributed by atoms with Crippen molar-refractivity contribution in [3.05, 3.63) is 35.4 Å². The van der Waals surface area contributed by atoms with Crippen LogP contribution < -0.4 is 4.72 Å². The third kappa shape index (κ3) is 4.80. The van der Waals surface area contributed by atoms with Gasteiger partial charge in [0.1, 0.15) is 0 Å². The van der Waals surface area contributed by atoms with E-state index in [-0.39, 0.29) is 23.7 Å². The van der Waals surface area contributed by atoms with Gasteiger partial charge in [-0.3, -0.25) is 0 Å². The van der Waals surface area contributed by atoms with Crippen LogP contribution in [-0.2, 0) is 14.8 Å². The second kappa shape index (κ2) is 6.90. The molecule has 2 rings (SSSR count). The fourth-order valence-electron chi connectivity index (χ4n) is 2.64. The molecule has 1 saturated carbocycles. The molecule has 1 unspecified atom stereocenters. The van der Waals surface area contributed by atoms with Crippen molar-refractivity contribution in [2.24, 2.45) is 5.92 Å². The molecule has 5 heteroatoms. The van der Waals surface area contributed by atoms with E-state index in [0.29, 0.717) is 6.54 Å². The van der Waals surface area contributed by atoms with Crippen LogP contribution in [0.1, 0.15) is 36.8 Å². The van der Waals surface area contributed by atoms with E-state index >= 15 is 0 Å². The maximum Gasteiger partial charge on any atom is 0.211 e. The van der Waals surface area contributed by atoms with Crippen molar-refractivity contribution in [1.82, 2.24) is 4.72 Å². The first-order valence-corrected chi connectivity index (χ1v) is 9.11. The summed E-state index contributed by atoms with van der Waals surface area (Å²) in [4.78, 5) is 0. The molecule has 0 bridgehead atoms. The molecule has 4 nitrogen and oxygen atoms in total. The summed E-state index contributed by atoms with van der Waals surface area (Å²) in [5, 5.41) is 0. The van der Waals surface area contributed by atoms with Gasteiger partial charge in [-0.1, -0.05) is 36.8 Å². The molecular weight excluding hydrogens is 286 g/mol. The van der Waals surface area contributed by atoms with Crippen molar-refractivity contribution < 1.29 is 13.2 Å². The van der Waals surface area contributed by atoms with Crippen molar-refractivity contribution in [2.45, 2.75) is 38.7 Å². The molecule has 0 spiro atoms. The Hall–Kier alpha value is -0.910.